The van der Waals surface area contributed by atoms with Crippen LogP contribution >= 0.6 is 0 Å². The minimum atomic E-state index is -1.52. The lowest BCUT2D eigenvalue weighted by molar-refractivity contribution is 0.0960. The molecule has 0 fully saturated rings. The lowest BCUT2D eigenvalue weighted by Gasteiger charge is -2.38. The predicted octanol–water partition coefficient (Wildman–Crippen LogP) is 4.09. The Morgan fingerprint density at radius 1 is 1.16 bits per heavy atom. The first-order chi connectivity index (χ1) is 18.3. The topological polar surface area (TPSA) is 90.0 Å². The van der Waals surface area contributed by atoms with E-state index in [0.29, 0.717) is 47.2 Å². The summed E-state index contributed by atoms with van der Waals surface area (Å²) in [6.45, 7) is 12.2. The first-order valence-corrected chi connectivity index (χ1v) is 12.7. The summed E-state index contributed by atoms with van der Waals surface area (Å²) in [5.74, 6) is 0.480. The van der Waals surface area contributed by atoms with E-state index < -0.39 is 5.60 Å². The number of hydrogen-bond donors (Lipinski definition) is 3. The number of nitrogens with one attached hydrogen (secondary N) is 2. The van der Waals surface area contributed by atoms with Crippen LogP contribution in [0.3, 0.4) is 0 Å². The van der Waals surface area contributed by atoms with Crippen molar-refractivity contribution in [3.05, 3.63) is 113 Å². The SMILES string of the molecule is C=C(N(CC)c1cc(C(=O)NC2=CN(CC)CN2)c(OC)nc1C)C(O)(c1ccccc1)c1ccccc1. The van der Waals surface area contributed by atoms with E-state index in [1.807, 2.05) is 97.4 Å². The van der Waals surface area contributed by atoms with Gasteiger partial charge in [-0.25, -0.2) is 4.98 Å². The molecular weight excluding hydrogens is 478 g/mol. The van der Waals surface area contributed by atoms with Crippen molar-refractivity contribution in [1.82, 2.24) is 20.5 Å². The lowest BCUT2D eigenvalue weighted by Crippen LogP contribution is -2.39. The Balaban J connectivity index is 1.77. The summed E-state index contributed by atoms with van der Waals surface area (Å²) in [6, 6.07) is 20.6. The summed E-state index contributed by atoms with van der Waals surface area (Å²) in [5, 5.41) is 18.4. The molecule has 0 atom stereocenters. The lowest BCUT2D eigenvalue weighted by atomic mass is 9.83. The van der Waals surface area contributed by atoms with Gasteiger partial charge in [-0.15, -0.1) is 0 Å². The minimum Gasteiger partial charge on any atom is -0.480 e. The van der Waals surface area contributed by atoms with Crippen LogP contribution in [0.4, 0.5) is 5.69 Å². The molecule has 0 radical (unpaired) electrons. The van der Waals surface area contributed by atoms with Crippen LogP contribution in [0, 0.1) is 6.92 Å². The molecule has 2 heterocycles. The van der Waals surface area contributed by atoms with E-state index in [1.165, 1.54) is 7.11 Å². The maximum absolute atomic E-state index is 13.3. The average Bonchev–Trinajstić information content (AvgIpc) is 3.41. The van der Waals surface area contributed by atoms with Crippen LogP contribution in [-0.2, 0) is 5.60 Å². The highest BCUT2D eigenvalue weighted by molar-refractivity contribution is 5.98. The van der Waals surface area contributed by atoms with E-state index in [0.717, 1.165) is 6.54 Å². The number of anilines is 1. The van der Waals surface area contributed by atoms with Crippen LogP contribution < -0.4 is 20.3 Å². The van der Waals surface area contributed by atoms with Gasteiger partial charge in [-0.05, 0) is 38.0 Å². The van der Waals surface area contributed by atoms with Crippen LogP contribution in [0.15, 0.2) is 91.0 Å². The summed E-state index contributed by atoms with van der Waals surface area (Å²) < 4.78 is 5.48. The van der Waals surface area contributed by atoms with Gasteiger partial charge in [-0.3, -0.25) is 4.79 Å². The quantitative estimate of drug-likeness (QED) is 0.376. The third-order valence-corrected chi connectivity index (χ3v) is 6.76. The number of ether oxygens (including phenoxy) is 1. The molecule has 0 saturated carbocycles. The number of aromatic nitrogens is 1. The monoisotopic (exact) mass is 513 g/mol. The van der Waals surface area contributed by atoms with Crippen molar-refractivity contribution in [2.45, 2.75) is 26.4 Å². The molecule has 8 heteroatoms. The number of likely N-dealkylation sites (N-methyl/N-ethyl adjacent to an activating group) is 1. The van der Waals surface area contributed by atoms with Crippen molar-refractivity contribution in [1.29, 1.82) is 0 Å². The second kappa shape index (κ2) is 11.4. The zero-order valence-corrected chi connectivity index (χ0v) is 22.4. The number of nitrogens with zero attached hydrogens (tertiary/aromatic N) is 3. The Bertz CT molecular complexity index is 1280. The third kappa shape index (κ3) is 5.08. The summed E-state index contributed by atoms with van der Waals surface area (Å²) in [6.07, 6.45) is 1.87. The van der Waals surface area contributed by atoms with E-state index in [2.05, 4.69) is 22.2 Å². The van der Waals surface area contributed by atoms with Crippen molar-refractivity contribution < 1.29 is 14.6 Å². The van der Waals surface area contributed by atoms with E-state index >= 15 is 0 Å². The second-order valence-electron chi connectivity index (χ2n) is 9.02. The van der Waals surface area contributed by atoms with Gasteiger partial charge in [-0.1, -0.05) is 67.2 Å². The van der Waals surface area contributed by atoms with E-state index in [1.54, 1.807) is 6.07 Å². The molecule has 3 aromatic rings. The summed E-state index contributed by atoms with van der Waals surface area (Å²) in [5.41, 5.74) is 1.86. The molecule has 0 saturated heterocycles. The zero-order chi connectivity index (χ0) is 27.3. The van der Waals surface area contributed by atoms with Gasteiger partial charge >= 0.3 is 0 Å². The molecule has 0 bridgehead atoms. The molecule has 0 spiro atoms. The van der Waals surface area contributed by atoms with Gasteiger partial charge in [0, 0.05) is 19.3 Å². The van der Waals surface area contributed by atoms with Crippen molar-refractivity contribution in [2.75, 3.05) is 31.8 Å². The number of methoxy groups -OCH3 is 1. The molecule has 1 aromatic heterocycles. The Hall–Kier alpha value is -4.30. The molecule has 0 unspecified atom stereocenters. The first kappa shape index (κ1) is 26.8. The van der Waals surface area contributed by atoms with Crippen molar-refractivity contribution in [2.24, 2.45) is 0 Å². The van der Waals surface area contributed by atoms with Crippen molar-refractivity contribution >= 4 is 11.6 Å². The molecule has 1 aliphatic rings. The van der Waals surface area contributed by atoms with Crippen molar-refractivity contribution in [3.8, 4) is 5.88 Å². The van der Waals surface area contributed by atoms with Gasteiger partial charge in [0.25, 0.3) is 5.91 Å². The van der Waals surface area contributed by atoms with Crippen LogP contribution in [0.1, 0.15) is 41.0 Å². The molecule has 2 aromatic carbocycles. The number of pyridine rings is 1. The largest absolute Gasteiger partial charge is 0.480 e. The predicted molar refractivity (Wildman–Crippen MR) is 150 cm³/mol. The molecule has 4 rings (SSSR count). The Morgan fingerprint density at radius 3 is 2.26 bits per heavy atom. The van der Waals surface area contributed by atoms with Gasteiger partial charge in [-0.2, -0.15) is 0 Å². The van der Waals surface area contributed by atoms with Crippen LogP contribution in [0.25, 0.3) is 0 Å². The number of aryl methyl sites for hydroxylation is 1. The van der Waals surface area contributed by atoms with E-state index in [4.69, 9.17) is 4.74 Å². The fourth-order valence-corrected chi connectivity index (χ4v) is 4.65. The van der Waals surface area contributed by atoms with E-state index in [9.17, 15) is 9.90 Å². The van der Waals surface area contributed by atoms with Gasteiger partial charge in [0.15, 0.2) is 5.60 Å². The van der Waals surface area contributed by atoms with Crippen LogP contribution in [-0.4, -0.2) is 47.8 Å². The molecular formula is C30H35N5O3. The summed E-state index contributed by atoms with van der Waals surface area (Å²) in [7, 11) is 1.49. The molecule has 1 aliphatic heterocycles. The standard InChI is InChI=1S/C30H35N5O3/c1-6-34-19-27(31-20-34)33-28(36)25-18-26(21(3)32-29(25)38-5)35(7-2)22(4)30(37,23-14-10-8-11-15-23)24-16-12-9-13-17-24/h8-19,31,37H,4,6-7,20H2,1-3,5H3,(H,33,36). The van der Waals surface area contributed by atoms with Gasteiger partial charge < -0.3 is 30.3 Å². The third-order valence-electron chi connectivity index (χ3n) is 6.76. The molecule has 38 heavy (non-hydrogen) atoms. The number of carbonyl (C=O) groups excluding carboxylic acids is 1. The first-order valence-electron chi connectivity index (χ1n) is 12.7. The highest BCUT2D eigenvalue weighted by Crippen LogP contribution is 2.40. The molecule has 1 amide bonds. The second-order valence-corrected chi connectivity index (χ2v) is 9.02. The van der Waals surface area contributed by atoms with Crippen LogP contribution in [0.2, 0.25) is 0 Å². The zero-order valence-electron chi connectivity index (χ0n) is 22.4. The number of rotatable bonds is 10. The highest BCUT2D eigenvalue weighted by atomic mass is 16.5. The number of aliphatic hydroxyl groups is 1. The molecule has 3 N–H and O–H groups in total. The normalized spacial score (nSPS) is 13.0. The molecule has 8 nitrogen and oxygen atoms in total. The summed E-state index contributed by atoms with van der Waals surface area (Å²) >= 11 is 0. The number of amides is 1. The van der Waals surface area contributed by atoms with E-state index in [-0.39, 0.29) is 17.4 Å². The molecule has 198 valence electrons. The minimum absolute atomic E-state index is 0.220. The van der Waals surface area contributed by atoms with Gasteiger partial charge in [0.2, 0.25) is 5.88 Å². The summed E-state index contributed by atoms with van der Waals surface area (Å²) in [4.78, 5) is 21.9. The van der Waals surface area contributed by atoms with Crippen molar-refractivity contribution in [3.63, 3.8) is 0 Å². The maximum Gasteiger partial charge on any atom is 0.262 e. The highest BCUT2D eigenvalue weighted by Gasteiger charge is 2.38. The Labute approximate surface area is 224 Å². The maximum atomic E-state index is 13.3. The fraction of sp³-hybridized carbons (Fsp3) is 0.267. The molecule has 0 aliphatic carbocycles. The van der Waals surface area contributed by atoms with Gasteiger partial charge in [0.05, 0.1) is 30.9 Å². The smallest absolute Gasteiger partial charge is 0.262 e. The van der Waals surface area contributed by atoms with Gasteiger partial charge in [0.1, 0.15) is 11.4 Å². The van der Waals surface area contributed by atoms with Crippen LogP contribution in [0.5, 0.6) is 5.88 Å². The number of carbonyl (C=O) groups is 1. The average molecular weight is 514 g/mol. The Kier molecular flexibility index (Phi) is 8.02. The number of hydrogen-bond acceptors (Lipinski definition) is 7. The number of benzene rings is 2. The fourth-order valence-electron chi connectivity index (χ4n) is 4.65. The Morgan fingerprint density at radius 2 is 1.76 bits per heavy atom.